The van der Waals surface area contributed by atoms with E-state index in [9.17, 15) is 4.79 Å². The van der Waals surface area contributed by atoms with Crippen LogP contribution >= 0.6 is 23.2 Å². The summed E-state index contributed by atoms with van der Waals surface area (Å²) in [6.07, 6.45) is 3.08. The highest BCUT2D eigenvalue weighted by molar-refractivity contribution is 6.31. The van der Waals surface area contributed by atoms with E-state index in [-0.39, 0.29) is 5.91 Å². The van der Waals surface area contributed by atoms with Gasteiger partial charge in [0.2, 0.25) is 5.91 Å². The van der Waals surface area contributed by atoms with Crippen LogP contribution in [0.15, 0.2) is 24.3 Å². The first kappa shape index (κ1) is 15.6. The van der Waals surface area contributed by atoms with Crippen LogP contribution in [0.2, 0.25) is 10.2 Å². The number of carbonyl (C=O) groups is 1. The molecule has 1 N–H and O–H groups in total. The van der Waals surface area contributed by atoms with Crippen molar-refractivity contribution < 1.29 is 4.79 Å². The van der Waals surface area contributed by atoms with Gasteiger partial charge in [0.1, 0.15) is 5.15 Å². The van der Waals surface area contributed by atoms with E-state index in [1.165, 1.54) is 6.08 Å². The number of rotatable bonds is 3. The fraction of sp³-hybridized carbons (Fsp3) is 0.200. The van der Waals surface area contributed by atoms with Crippen LogP contribution in [0.3, 0.4) is 0 Å². The largest absolute Gasteiger partial charge is 0.322 e. The standard InChI is InChI=1S/C15H15Cl2N3O/c1-9-4-5-11(16)8-13(9)18-14(21)7-6-12-10(2)19-20(3)15(12)17/h4-8H,1-3H3,(H,18,21)/b7-6+. The molecule has 4 nitrogen and oxygen atoms in total. The van der Waals surface area contributed by atoms with Gasteiger partial charge in [-0.1, -0.05) is 29.3 Å². The number of nitrogens with zero attached hydrogens (tertiary/aromatic N) is 2. The van der Waals surface area contributed by atoms with E-state index >= 15 is 0 Å². The van der Waals surface area contributed by atoms with Crippen molar-refractivity contribution >= 4 is 40.9 Å². The van der Waals surface area contributed by atoms with Crippen LogP contribution in [0.5, 0.6) is 0 Å². The van der Waals surface area contributed by atoms with Crippen molar-refractivity contribution in [2.75, 3.05) is 5.32 Å². The molecule has 21 heavy (non-hydrogen) atoms. The third-order valence-corrected chi connectivity index (χ3v) is 3.74. The Kier molecular flexibility index (Phi) is 4.70. The lowest BCUT2D eigenvalue weighted by Gasteiger charge is -2.06. The van der Waals surface area contributed by atoms with Gasteiger partial charge in [0, 0.05) is 29.4 Å². The number of carbonyl (C=O) groups excluding carboxylic acids is 1. The molecule has 0 fully saturated rings. The number of aromatic nitrogens is 2. The first-order chi connectivity index (χ1) is 9.88. The van der Waals surface area contributed by atoms with Crippen LogP contribution in [-0.2, 0) is 11.8 Å². The number of hydrogen-bond donors (Lipinski definition) is 1. The second-order valence-electron chi connectivity index (χ2n) is 4.70. The topological polar surface area (TPSA) is 46.9 Å². The number of benzene rings is 1. The second kappa shape index (κ2) is 6.33. The summed E-state index contributed by atoms with van der Waals surface area (Å²) in [5.41, 5.74) is 3.13. The van der Waals surface area contributed by atoms with Gasteiger partial charge in [-0.3, -0.25) is 9.48 Å². The van der Waals surface area contributed by atoms with E-state index < -0.39 is 0 Å². The second-order valence-corrected chi connectivity index (χ2v) is 5.49. The van der Waals surface area contributed by atoms with Crippen LogP contribution < -0.4 is 5.32 Å². The van der Waals surface area contributed by atoms with Crippen molar-refractivity contribution in [3.05, 3.63) is 51.3 Å². The molecule has 0 atom stereocenters. The Morgan fingerprint density at radius 2 is 2.05 bits per heavy atom. The number of nitrogens with one attached hydrogen (secondary N) is 1. The summed E-state index contributed by atoms with van der Waals surface area (Å²) in [5, 5.41) is 8.04. The van der Waals surface area contributed by atoms with Gasteiger partial charge >= 0.3 is 0 Å². The van der Waals surface area contributed by atoms with Crippen LogP contribution in [0.25, 0.3) is 6.08 Å². The molecule has 0 radical (unpaired) electrons. The van der Waals surface area contributed by atoms with Crippen molar-refractivity contribution in [2.45, 2.75) is 13.8 Å². The molecule has 0 aliphatic rings. The molecule has 1 aromatic carbocycles. The van der Waals surface area contributed by atoms with Gasteiger partial charge in [0.25, 0.3) is 0 Å². The highest BCUT2D eigenvalue weighted by atomic mass is 35.5. The first-order valence-corrected chi connectivity index (χ1v) is 7.08. The fourth-order valence-corrected chi connectivity index (χ4v) is 2.31. The molecule has 1 aromatic heterocycles. The number of hydrogen-bond acceptors (Lipinski definition) is 2. The maximum atomic E-state index is 12.0. The Balaban J connectivity index is 2.15. The molecule has 6 heteroatoms. The SMILES string of the molecule is Cc1ccc(Cl)cc1NC(=O)/C=C/c1c(C)nn(C)c1Cl. The summed E-state index contributed by atoms with van der Waals surface area (Å²) in [6.45, 7) is 3.74. The lowest BCUT2D eigenvalue weighted by Crippen LogP contribution is -2.08. The molecule has 0 saturated heterocycles. The smallest absolute Gasteiger partial charge is 0.248 e. The molecule has 0 aliphatic carbocycles. The van der Waals surface area contributed by atoms with Crippen LogP contribution in [0, 0.1) is 13.8 Å². The first-order valence-electron chi connectivity index (χ1n) is 6.33. The Hall–Kier alpha value is -1.78. The minimum atomic E-state index is -0.250. The van der Waals surface area contributed by atoms with E-state index in [2.05, 4.69) is 10.4 Å². The van der Waals surface area contributed by atoms with Crippen molar-refractivity contribution in [1.29, 1.82) is 0 Å². The number of halogens is 2. The summed E-state index contributed by atoms with van der Waals surface area (Å²) in [4.78, 5) is 12.0. The van der Waals surface area contributed by atoms with Gasteiger partial charge in [-0.15, -0.1) is 0 Å². The Morgan fingerprint density at radius 1 is 1.33 bits per heavy atom. The Bertz CT molecular complexity index is 720. The lowest BCUT2D eigenvalue weighted by molar-refractivity contribution is -0.111. The summed E-state index contributed by atoms with van der Waals surface area (Å²) in [7, 11) is 1.75. The van der Waals surface area contributed by atoms with Crippen molar-refractivity contribution in [3.8, 4) is 0 Å². The zero-order valence-corrected chi connectivity index (χ0v) is 13.5. The average Bonchev–Trinajstić information content (AvgIpc) is 2.66. The van der Waals surface area contributed by atoms with E-state index in [1.54, 1.807) is 29.9 Å². The van der Waals surface area contributed by atoms with Gasteiger partial charge in [0.15, 0.2) is 0 Å². The molecular weight excluding hydrogens is 309 g/mol. The highest BCUT2D eigenvalue weighted by Crippen LogP contribution is 2.21. The third-order valence-electron chi connectivity index (χ3n) is 3.06. The molecule has 110 valence electrons. The average molecular weight is 324 g/mol. The normalized spacial score (nSPS) is 11.1. The van der Waals surface area contributed by atoms with Crippen LogP contribution in [-0.4, -0.2) is 15.7 Å². The highest BCUT2D eigenvalue weighted by Gasteiger charge is 2.09. The quantitative estimate of drug-likeness (QED) is 0.868. The van der Waals surface area contributed by atoms with Crippen molar-refractivity contribution in [2.24, 2.45) is 7.05 Å². The minimum absolute atomic E-state index is 0.250. The molecule has 0 spiro atoms. The molecule has 1 amide bonds. The predicted octanol–water partition coefficient (Wildman–Crippen LogP) is 4.00. The van der Waals surface area contributed by atoms with Gasteiger partial charge < -0.3 is 5.32 Å². The lowest BCUT2D eigenvalue weighted by atomic mass is 10.2. The molecule has 1 heterocycles. The monoisotopic (exact) mass is 323 g/mol. The Labute approximate surface area is 133 Å². The minimum Gasteiger partial charge on any atom is -0.322 e. The number of aryl methyl sites for hydroxylation is 3. The maximum Gasteiger partial charge on any atom is 0.248 e. The number of amides is 1. The zero-order valence-electron chi connectivity index (χ0n) is 11.9. The van der Waals surface area contributed by atoms with Crippen molar-refractivity contribution in [1.82, 2.24) is 9.78 Å². The fourth-order valence-electron chi connectivity index (χ4n) is 1.90. The Morgan fingerprint density at radius 3 is 2.67 bits per heavy atom. The summed E-state index contributed by atoms with van der Waals surface area (Å²) in [5.74, 6) is -0.250. The van der Waals surface area contributed by atoms with Crippen LogP contribution in [0.4, 0.5) is 5.69 Å². The summed E-state index contributed by atoms with van der Waals surface area (Å²) < 4.78 is 1.57. The molecule has 0 bridgehead atoms. The number of anilines is 1. The maximum absolute atomic E-state index is 12.0. The van der Waals surface area contributed by atoms with Crippen molar-refractivity contribution in [3.63, 3.8) is 0 Å². The van der Waals surface area contributed by atoms with Gasteiger partial charge in [-0.2, -0.15) is 5.10 Å². The molecule has 2 aromatic rings. The predicted molar refractivity (Wildman–Crippen MR) is 86.8 cm³/mol. The van der Waals surface area contributed by atoms with E-state index in [4.69, 9.17) is 23.2 Å². The van der Waals surface area contributed by atoms with Gasteiger partial charge in [-0.05, 0) is 37.6 Å². The van der Waals surface area contributed by atoms with E-state index in [0.717, 1.165) is 16.8 Å². The third kappa shape index (κ3) is 3.65. The molecular formula is C15H15Cl2N3O. The molecule has 0 saturated carbocycles. The van der Waals surface area contributed by atoms with Gasteiger partial charge in [0.05, 0.1) is 5.69 Å². The van der Waals surface area contributed by atoms with E-state index in [0.29, 0.717) is 15.9 Å². The molecule has 0 aliphatic heterocycles. The van der Waals surface area contributed by atoms with E-state index in [1.807, 2.05) is 19.9 Å². The van der Waals surface area contributed by atoms with Gasteiger partial charge in [-0.25, -0.2) is 0 Å². The molecule has 2 rings (SSSR count). The van der Waals surface area contributed by atoms with Crippen LogP contribution in [0.1, 0.15) is 16.8 Å². The molecule has 0 unspecified atom stereocenters. The summed E-state index contributed by atoms with van der Waals surface area (Å²) in [6, 6.07) is 5.34. The summed E-state index contributed by atoms with van der Waals surface area (Å²) >= 11 is 12.0. The zero-order chi connectivity index (χ0) is 15.6.